The van der Waals surface area contributed by atoms with Crippen molar-refractivity contribution in [3.8, 4) is 0 Å². The van der Waals surface area contributed by atoms with E-state index < -0.39 is 0 Å². The molecule has 1 amide bonds. The van der Waals surface area contributed by atoms with Crippen LogP contribution in [0.4, 0.5) is 5.69 Å². The molecule has 0 spiro atoms. The maximum absolute atomic E-state index is 13.1. The Morgan fingerprint density at radius 3 is 2.81 bits per heavy atom. The number of benzene rings is 1. The lowest BCUT2D eigenvalue weighted by molar-refractivity contribution is -0.116. The molecule has 0 bridgehead atoms. The second-order valence-electron chi connectivity index (χ2n) is 7.31. The van der Waals surface area contributed by atoms with E-state index in [1.807, 2.05) is 32.0 Å². The van der Waals surface area contributed by atoms with E-state index in [0.717, 1.165) is 51.9 Å². The van der Waals surface area contributed by atoms with Crippen molar-refractivity contribution in [2.75, 3.05) is 5.32 Å². The normalized spacial score (nSPS) is 13.6. The summed E-state index contributed by atoms with van der Waals surface area (Å²) in [4.78, 5) is 32.5. The van der Waals surface area contributed by atoms with E-state index in [2.05, 4.69) is 10.3 Å². The van der Waals surface area contributed by atoms with Crippen LogP contribution in [0.15, 0.2) is 23.0 Å². The molecule has 4 rings (SSSR count). The van der Waals surface area contributed by atoms with Crippen molar-refractivity contribution in [1.29, 1.82) is 0 Å². The maximum Gasteiger partial charge on any atom is 0.263 e. The van der Waals surface area contributed by atoms with E-state index in [0.29, 0.717) is 5.82 Å². The molecular formula is C21H23N3O2S. The molecule has 140 valence electrons. The smallest absolute Gasteiger partial charge is 0.263 e. The molecule has 0 unspecified atom stereocenters. The third kappa shape index (κ3) is 3.30. The minimum atomic E-state index is -0.209. The number of hydrogen-bond acceptors (Lipinski definition) is 4. The first-order valence-corrected chi connectivity index (χ1v) is 10.1. The fourth-order valence-corrected chi connectivity index (χ4v) is 5.03. The molecule has 1 aliphatic rings. The largest absolute Gasteiger partial charge is 0.324 e. The molecule has 5 nitrogen and oxygen atoms in total. The lowest BCUT2D eigenvalue weighted by atomic mass is 9.97. The SMILES string of the molecule is Cc1ccc(C)c(NC(=O)Cn2c(C)nc3sc4c(c3c2=O)CCCC4)c1. The summed E-state index contributed by atoms with van der Waals surface area (Å²) in [6.07, 6.45) is 4.25. The zero-order chi connectivity index (χ0) is 19.1. The van der Waals surface area contributed by atoms with Crippen LogP contribution in [0, 0.1) is 20.8 Å². The van der Waals surface area contributed by atoms with E-state index in [1.54, 1.807) is 18.3 Å². The molecule has 1 aliphatic carbocycles. The standard InChI is InChI=1S/C21H23N3O2S/c1-12-8-9-13(2)16(10-12)23-18(25)11-24-14(3)22-20-19(21(24)26)15-6-4-5-7-17(15)27-20/h8-10H,4-7,11H2,1-3H3,(H,23,25). The van der Waals surface area contributed by atoms with Gasteiger partial charge in [-0.2, -0.15) is 0 Å². The van der Waals surface area contributed by atoms with E-state index in [-0.39, 0.29) is 18.0 Å². The number of carbonyl (C=O) groups is 1. The zero-order valence-electron chi connectivity index (χ0n) is 15.9. The van der Waals surface area contributed by atoms with E-state index >= 15 is 0 Å². The first-order valence-electron chi connectivity index (χ1n) is 9.33. The van der Waals surface area contributed by atoms with Gasteiger partial charge in [0.25, 0.3) is 5.56 Å². The van der Waals surface area contributed by atoms with Crippen LogP contribution in [0.1, 0.15) is 40.2 Å². The summed E-state index contributed by atoms with van der Waals surface area (Å²) in [7, 11) is 0. The predicted molar refractivity (Wildman–Crippen MR) is 110 cm³/mol. The number of nitrogens with one attached hydrogen (secondary N) is 1. The quantitative estimate of drug-likeness (QED) is 0.748. The fourth-order valence-electron chi connectivity index (χ4n) is 3.73. The van der Waals surface area contributed by atoms with Crippen LogP contribution in [0.3, 0.4) is 0 Å². The first-order chi connectivity index (χ1) is 12.9. The molecule has 0 saturated heterocycles. The van der Waals surface area contributed by atoms with Crippen molar-refractivity contribution in [2.45, 2.75) is 53.0 Å². The Hall–Kier alpha value is -2.47. The number of hydrogen-bond donors (Lipinski definition) is 1. The lowest BCUT2D eigenvalue weighted by Gasteiger charge is -2.13. The molecule has 0 aliphatic heterocycles. The fraction of sp³-hybridized carbons (Fsp3) is 0.381. The maximum atomic E-state index is 13.1. The van der Waals surface area contributed by atoms with Crippen LogP contribution in [-0.2, 0) is 24.2 Å². The van der Waals surface area contributed by atoms with E-state index in [9.17, 15) is 9.59 Å². The van der Waals surface area contributed by atoms with Gasteiger partial charge < -0.3 is 5.32 Å². The summed E-state index contributed by atoms with van der Waals surface area (Å²) in [6, 6.07) is 5.93. The van der Waals surface area contributed by atoms with Crippen LogP contribution in [0.5, 0.6) is 0 Å². The summed E-state index contributed by atoms with van der Waals surface area (Å²) in [5, 5.41) is 3.66. The van der Waals surface area contributed by atoms with Crippen LogP contribution < -0.4 is 10.9 Å². The molecule has 6 heteroatoms. The van der Waals surface area contributed by atoms with Gasteiger partial charge in [-0.3, -0.25) is 14.2 Å². The Morgan fingerprint density at radius 2 is 2.00 bits per heavy atom. The third-order valence-corrected chi connectivity index (χ3v) is 6.42. The average Bonchev–Trinajstić information content (AvgIpc) is 3.00. The molecule has 0 radical (unpaired) electrons. The predicted octanol–water partition coefficient (Wildman–Crippen LogP) is 3.90. The van der Waals surface area contributed by atoms with Crippen molar-refractivity contribution in [3.05, 3.63) is 55.9 Å². The Balaban J connectivity index is 1.68. The average molecular weight is 382 g/mol. The second-order valence-corrected chi connectivity index (χ2v) is 8.39. The number of aromatic nitrogens is 2. The number of rotatable bonds is 3. The Kier molecular flexibility index (Phi) is 4.60. The molecule has 0 saturated carbocycles. The van der Waals surface area contributed by atoms with Gasteiger partial charge in [-0.15, -0.1) is 11.3 Å². The molecule has 0 atom stereocenters. The van der Waals surface area contributed by atoms with Gasteiger partial charge in [0.15, 0.2) is 0 Å². The summed E-state index contributed by atoms with van der Waals surface area (Å²) in [5.74, 6) is 0.376. The molecule has 0 fully saturated rings. The summed E-state index contributed by atoms with van der Waals surface area (Å²) < 4.78 is 1.50. The van der Waals surface area contributed by atoms with Crippen molar-refractivity contribution in [2.24, 2.45) is 0 Å². The summed E-state index contributed by atoms with van der Waals surface area (Å²) in [5.41, 5.74) is 3.93. The summed E-state index contributed by atoms with van der Waals surface area (Å²) in [6.45, 7) is 5.72. The Labute approximate surface area is 162 Å². The highest BCUT2D eigenvalue weighted by Crippen LogP contribution is 2.33. The minimum Gasteiger partial charge on any atom is -0.324 e. The molecule has 1 N–H and O–H groups in total. The van der Waals surface area contributed by atoms with Gasteiger partial charge in [0, 0.05) is 10.6 Å². The molecule has 27 heavy (non-hydrogen) atoms. The van der Waals surface area contributed by atoms with Crippen LogP contribution in [-0.4, -0.2) is 15.5 Å². The number of fused-ring (bicyclic) bond motifs is 3. The van der Waals surface area contributed by atoms with E-state index in [1.165, 1.54) is 15.9 Å². The highest BCUT2D eigenvalue weighted by atomic mass is 32.1. The van der Waals surface area contributed by atoms with Crippen LogP contribution >= 0.6 is 11.3 Å². The second kappa shape index (κ2) is 6.93. The van der Waals surface area contributed by atoms with Crippen molar-refractivity contribution in [3.63, 3.8) is 0 Å². The molecule has 1 aromatic carbocycles. The van der Waals surface area contributed by atoms with Crippen molar-refractivity contribution < 1.29 is 4.79 Å². The van der Waals surface area contributed by atoms with Crippen LogP contribution in [0.25, 0.3) is 10.2 Å². The van der Waals surface area contributed by atoms with Gasteiger partial charge in [0.2, 0.25) is 5.91 Å². The molecular weight excluding hydrogens is 358 g/mol. The van der Waals surface area contributed by atoms with Crippen molar-refractivity contribution >= 4 is 33.1 Å². The van der Waals surface area contributed by atoms with Gasteiger partial charge in [-0.1, -0.05) is 12.1 Å². The van der Waals surface area contributed by atoms with Gasteiger partial charge >= 0.3 is 0 Å². The number of thiophene rings is 1. The number of aryl methyl sites for hydroxylation is 5. The lowest BCUT2D eigenvalue weighted by Crippen LogP contribution is -2.30. The van der Waals surface area contributed by atoms with Crippen molar-refractivity contribution in [1.82, 2.24) is 9.55 Å². The van der Waals surface area contributed by atoms with Gasteiger partial charge in [0.05, 0.1) is 5.39 Å². The first kappa shape index (κ1) is 17.9. The molecule has 3 aromatic rings. The minimum absolute atomic E-state index is 0.0222. The highest BCUT2D eigenvalue weighted by molar-refractivity contribution is 7.18. The van der Waals surface area contributed by atoms with Gasteiger partial charge in [0.1, 0.15) is 17.2 Å². The zero-order valence-corrected chi connectivity index (χ0v) is 16.7. The van der Waals surface area contributed by atoms with Gasteiger partial charge in [-0.25, -0.2) is 4.98 Å². The Bertz CT molecular complexity index is 1110. The topological polar surface area (TPSA) is 64.0 Å². The van der Waals surface area contributed by atoms with Gasteiger partial charge in [-0.05, 0) is 69.2 Å². The molecule has 2 aromatic heterocycles. The van der Waals surface area contributed by atoms with Crippen LogP contribution in [0.2, 0.25) is 0 Å². The third-order valence-electron chi connectivity index (χ3n) is 5.23. The number of anilines is 1. The monoisotopic (exact) mass is 381 g/mol. The number of carbonyl (C=O) groups excluding carboxylic acids is 1. The van der Waals surface area contributed by atoms with E-state index in [4.69, 9.17) is 0 Å². The summed E-state index contributed by atoms with van der Waals surface area (Å²) >= 11 is 1.64. The Morgan fingerprint density at radius 1 is 1.22 bits per heavy atom. The highest BCUT2D eigenvalue weighted by Gasteiger charge is 2.22. The number of nitrogens with zero attached hydrogens (tertiary/aromatic N) is 2. The number of amides is 1. The molecule has 2 heterocycles.